The molecule has 1 amide bonds. The van der Waals surface area contributed by atoms with Gasteiger partial charge in [0.25, 0.3) is 5.91 Å². The number of rotatable bonds is 3. The van der Waals surface area contributed by atoms with Gasteiger partial charge in [-0.2, -0.15) is 0 Å². The maximum Gasteiger partial charge on any atom is 0.260 e. The predicted octanol–water partition coefficient (Wildman–Crippen LogP) is 1.35. The van der Waals surface area contributed by atoms with Crippen molar-refractivity contribution in [3.8, 4) is 5.75 Å². The van der Waals surface area contributed by atoms with Crippen molar-refractivity contribution >= 4 is 5.91 Å². The van der Waals surface area contributed by atoms with E-state index >= 15 is 0 Å². The van der Waals surface area contributed by atoms with Gasteiger partial charge in [0.2, 0.25) is 0 Å². The lowest BCUT2D eigenvalue weighted by Gasteiger charge is -2.43. The van der Waals surface area contributed by atoms with Crippen molar-refractivity contribution < 1.29 is 23.8 Å². The monoisotopic (exact) mass is 309 g/mol. The van der Waals surface area contributed by atoms with E-state index in [0.717, 1.165) is 12.8 Å². The molecule has 0 saturated carbocycles. The van der Waals surface area contributed by atoms with E-state index in [4.69, 9.17) is 9.47 Å². The first-order valence-corrected chi connectivity index (χ1v) is 7.57. The summed E-state index contributed by atoms with van der Waals surface area (Å²) in [6.45, 7) is 1.35. The molecule has 2 atom stereocenters. The van der Waals surface area contributed by atoms with Crippen LogP contribution in [0.2, 0.25) is 0 Å². The molecular weight excluding hydrogens is 289 g/mol. The molecule has 2 aliphatic heterocycles. The highest BCUT2D eigenvalue weighted by Gasteiger charge is 2.47. The minimum absolute atomic E-state index is 0.143. The number of aliphatic hydroxyl groups excluding tert-OH is 1. The molecule has 5 nitrogen and oxygen atoms in total. The molecule has 1 aromatic rings. The predicted molar refractivity (Wildman–Crippen MR) is 77.0 cm³/mol. The van der Waals surface area contributed by atoms with Gasteiger partial charge in [0.1, 0.15) is 17.2 Å². The van der Waals surface area contributed by atoms with Gasteiger partial charge in [-0.3, -0.25) is 4.79 Å². The van der Waals surface area contributed by atoms with Crippen LogP contribution in [-0.2, 0) is 9.53 Å². The van der Waals surface area contributed by atoms with Gasteiger partial charge in [-0.25, -0.2) is 4.39 Å². The molecule has 120 valence electrons. The SMILES string of the molecule is O=C(COc1cccc(F)c1)N1CC[C@H](O)[C@]2(CCCO2)C1. The number of amides is 1. The second-order valence-corrected chi connectivity index (χ2v) is 5.88. The van der Waals surface area contributed by atoms with E-state index in [1.54, 1.807) is 11.0 Å². The first-order chi connectivity index (χ1) is 10.6. The van der Waals surface area contributed by atoms with Gasteiger partial charge in [-0.15, -0.1) is 0 Å². The van der Waals surface area contributed by atoms with Crippen molar-refractivity contribution in [3.63, 3.8) is 0 Å². The van der Waals surface area contributed by atoms with Gasteiger partial charge in [-0.1, -0.05) is 6.07 Å². The van der Waals surface area contributed by atoms with Crippen molar-refractivity contribution in [2.24, 2.45) is 0 Å². The lowest BCUT2D eigenvalue weighted by Crippen LogP contribution is -2.58. The molecule has 2 heterocycles. The molecule has 0 radical (unpaired) electrons. The largest absolute Gasteiger partial charge is 0.484 e. The molecular formula is C16H20FNO4. The molecule has 0 bridgehead atoms. The minimum atomic E-state index is -0.618. The van der Waals surface area contributed by atoms with Crippen LogP contribution < -0.4 is 4.74 Å². The third-order valence-corrected chi connectivity index (χ3v) is 4.38. The fourth-order valence-electron chi connectivity index (χ4n) is 3.16. The Morgan fingerprint density at radius 2 is 2.41 bits per heavy atom. The van der Waals surface area contributed by atoms with Crippen molar-refractivity contribution in [3.05, 3.63) is 30.1 Å². The van der Waals surface area contributed by atoms with E-state index in [9.17, 15) is 14.3 Å². The Balaban J connectivity index is 1.58. The summed E-state index contributed by atoms with van der Waals surface area (Å²) in [6.07, 6.45) is 1.65. The molecule has 0 aromatic heterocycles. The zero-order chi connectivity index (χ0) is 15.6. The van der Waals surface area contributed by atoms with Gasteiger partial charge >= 0.3 is 0 Å². The maximum atomic E-state index is 13.1. The lowest BCUT2D eigenvalue weighted by molar-refractivity contribution is -0.156. The first kappa shape index (κ1) is 15.2. The fraction of sp³-hybridized carbons (Fsp3) is 0.562. The third-order valence-electron chi connectivity index (χ3n) is 4.38. The number of aliphatic hydroxyl groups is 1. The van der Waals surface area contributed by atoms with Crippen molar-refractivity contribution in [2.45, 2.75) is 31.0 Å². The Hall–Kier alpha value is -1.66. The second kappa shape index (κ2) is 6.22. The van der Waals surface area contributed by atoms with Crippen molar-refractivity contribution in [1.82, 2.24) is 4.90 Å². The molecule has 0 unspecified atom stereocenters. The van der Waals surface area contributed by atoms with Crippen LogP contribution in [0.25, 0.3) is 0 Å². The zero-order valence-corrected chi connectivity index (χ0v) is 12.3. The number of nitrogens with zero attached hydrogens (tertiary/aromatic N) is 1. The minimum Gasteiger partial charge on any atom is -0.484 e. The summed E-state index contributed by atoms with van der Waals surface area (Å²) in [4.78, 5) is 13.9. The smallest absolute Gasteiger partial charge is 0.260 e. The molecule has 3 rings (SSSR count). The number of piperidine rings is 1. The van der Waals surface area contributed by atoms with E-state index in [1.165, 1.54) is 18.2 Å². The van der Waals surface area contributed by atoms with E-state index < -0.39 is 17.5 Å². The Kier molecular flexibility index (Phi) is 4.31. The zero-order valence-electron chi connectivity index (χ0n) is 12.3. The summed E-state index contributed by atoms with van der Waals surface area (Å²) in [7, 11) is 0. The number of halogens is 1. The molecule has 6 heteroatoms. The number of carbonyl (C=O) groups excluding carboxylic acids is 1. The molecule has 2 saturated heterocycles. The highest BCUT2D eigenvalue weighted by Crippen LogP contribution is 2.34. The Morgan fingerprint density at radius 3 is 3.14 bits per heavy atom. The van der Waals surface area contributed by atoms with Crippen molar-refractivity contribution in [2.75, 3.05) is 26.3 Å². The highest BCUT2D eigenvalue weighted by atomic mass is 19.1. The van der Waals surface area contributed by atoms with Crippen LogP contribution in [0, 0.1) is 5.82 Å². The number of benzene rings is 1. The summed E-state index contributed by atoms with van der Waals surface area (Å²) in [6, 6.07) is 5.71. The van der Waals surface area contributed by atoms with Gasteiger partial charge in [0.15, 0.2) is 6.61 Å². The number of ether oxygens (including phenoxy) is 2. The van der Waals surface area contributed by atoms with Gasteiger partial charge in [-0.05, 0) is 31.4 Å². The van der Waals surface area contributed by atoms with E-state index in [0.29, 0.717) is 31.9 Å². The third kappa shape index (κ3) is 3.08. The van der Waals surface area contributed by atoms with Crippen LogP contribution >= 0.6 is 0 Å². The molecule has 1 aromatic carbocycles. The molecule has 22 heavy (non-hydrogen) atoms. The summed E-state index contributed by atoms with van der Waals surface area (Å²) in [5.41, 5.74) is -0.618. The number of likely N-dealkylation sites (tertiary alicyclic amines) is 1. The van der Waals surface area contributed by atoms with Crippen LogP contribution in [0.15, 0.2) is 24.3 Å². The second-order valence-electron chi connectivity index (χ2n) is 5.88. The van der Waals surface area contributed by atoms with Gasteiger partial charge in [0.05, 0.1) is 12.6 Å². The normalized spacial score (nSPS) is 28.1. The van der Waals surface area contributed by atoms with Crippen molar-refractivity contribution in [1.29, 1.82) is 0 Å². The standard InChI is InChI=1S/C16H20FNO4/c17-12-3-1-4-13(9-12)21-10-15(20)18-7-5-14(19)16(11-18)6-2-8-22-16/h1,3-4,9,14,19H,2,5-8,10-11H2/t14-,16-/m0/s1. The summed E-state index contributed by atoms with van der Waals surface area (Å²) in [5.74, 6) is -0.243. The fourth-order valence-corrected chi connectivity index (χ4v) is 3.16. The van der Waals surface area contributed by atoms with E-state index in [-0.39, 0.29) is 12.5 Å². The highest BCUT2D eigenvalue weighted by molar-refractivity contribution is 5.78. The average Bonchev–Trinajstić information content (AvgIpc) is 2.97. The number of hydrogen-bond donors (Lipinski definition) is 1. The van der Waals surface area contributed by atoms with Crippen LogP contribution in [0.1, 0.15) is 19.3 Å². The molecule has 2 fully saturated rings. The Morgan fingerprint density at radius 1 is 1.55 bits per heavy atom. The summed E-state index contributed by atoms with van der Waals surface area (Å²) < 4.78 is 24.1. The quantitative estimate of drug-likeness (QED) is 0.915. The van der Waals surface area contributed by atoms with E-state index in [1.807, 2.05) is 0 Å². The first-order valence-electron chi connectivity index (χ1n) is 7.57. The van der Waals surface area contributed by atoms with Crippen LogP contribution in [-0.4, -0.2) is 53.9 Å². The topological polar surface area (TPSA) is 59.0 Å². The average molecular weight is 309 g/mol. The Labute approximate surface area is 128 Å². The molecule has 0 aliphatic carbocycles. The summed E-state index contributed by atoms with van der Waals surface area (Å²) in [5, 5.41) is 10.2. The van der Waals surface area contributed by atoms with Crippen LogP contribution in [0.5, 0.6) is 5.75 Å². The maximum absolute atomic E-state index is 13.1. The van der Waals surface area contributed by atoms with Crippen LogP contribution in [0.4, 0.5) is 4.39 Å². The Bertz CT molecular complexity index is 545. The molecule has 1 N–H and O–H groups in total. The van der Waals surface area contributed by atoms with Crippen LogP contribution in [0.3, 0.4) is 0 Å². The van der Waals surface area contributed by atoms with E-state index in [2.05, 4.69) is 0 Å². The summed E-state index contributed by atoms with van der Waals surface area (Å²) >= 11 is 0. The van der Waals surface area contributed by atoms with Gasteiger partial charge < -0.3 is 19.5 Å². The lowest BCUT2D eigenvalue weighted by atomic mass is 9.87. The number of carbonyl (C=O) groups is 1. The number of hydrogen-bond acceptors (Lipinski definition) is 4. The van der Waals surface area contributed by atoms with Gasteiger partial charge in [0, 0.05) is 19.2 Å². The molecule has 2 aliphatic rings. The molecule has 1 spiro atoms.